The summed E-state index contributed by atoms with van der Waals surface area (Å²) >= 11 is 1.02. The van der Waals surface area contributed by atoms with Crippen molar-refractivity contribution in [1.82, 2.24) is 15.8 Å². The number of pyridine rings is 1. The Morgan fingerprint density at radius 2 is 1.77 bits per heavy atom. The molecule has 2 aromatic heterocycles. The molecule has 1 aromatic carbocycles. The summed E-state index contributed by atoms with van der Waals surface area (Å²) in [6, 6.07) is 14.6. The zero-order chi connectivity index (χ0) is 18.5. The molecule has 0 bridgehead atoms. The highest BCUT2D eigenvalue weighted by Crippen LogP contribution is 2.23. The Bertz CT molecular complexity index is 925. The molecule has 0 saturated heterocycles. The van der Waals surface area contributed by atoms with Crippen LogP contribution in [-0.4, -0.2) is 22.0 Å². The Morgan fingerprint density at radius 1 is 1.04 bits per heavy atom. The minimum Gasteiger partial charge on any atom is -0.345 e. The molecular formula is C19H17N3O3S. The lowest BCUT2D eigenvalue weighted by Gasteiger charge is -2.15. The molecule has 0 spiro atoms. The molecule has 1 unspecified atom stereocenters. The number of hydrogen-bond donors (Lipinski definition) is 3. The van der Waals surface area contributed by atoms with Crippen LogP contribution in [0, 0.1) is 0 Å². The van der Waals surface area contributed by atoms with Gasteiger partial charge in [0.25, 0.3) is 11.8 Å². The van der Waals surface area contributed by atoms with Gasteiger partial charge in [0.1, 0.15) is 0 Å². The molecule has 7 heteroatoms. The fourth-order valence-corrected chi connectivity index (χ4v) is 3.31. The minimum absolute atomic E-state index is 0.212. The lowest BCUT2D eigenvalue weighted by molar-refractivity contribution is 0.0711. The van der Waals surface area contributed by atoms with E-state index in [4.69, 9.17) is 5.21 Å². The molecule has 0 fully saturated rings. The van der Waals surface area contributed by atoms with E-state index >= 15 is 0 Å². The Labute approximate surface area is 154 Å². The third-order valence-corrected chi connectivity index (χ3v) is 4.97. The molecule has 132 valence electrons. The van der Waals surface area contributed by atoms with Crippen LogP contribution in [0.2, 0.25) is 0 Å². The lowest BCUT2D eigenvalue weighted by Crippen LogP contribution is -2.25. The minimum atomic E-state index is -0.633. The SMILES string of the molecule is CC(NC(=O)c1ccc(C(=O)NO)s1)c1cccc(-c2cccnc2)c1. The molecule has 26 heavy (non-hydrogen) atoms. The van der Waals surface area contributed by atoms with Crippen LogP contribution < -0.4 is 10.8 Å². The summed E-state index contributed by atoms with van der Waals surface area (Å²) in [5.74, 6) is -0.905. The fourth-order valence-electron chi connectivity index (χ4n) is 2.51. The van der Waals surface area contributed by atoms with Crippen molar-refractivity contribution < 1.29 is 14.8 Å². The second-order valence-corrected chi connectivity index (χ2v) is 6.75. The number of nitrogens with zero attached hydrogens (tertiary/aromatic N) is 1. The van der Waals surface area contributed by atoms with Crippen LogP contribution in [0.4, 0.5) is 0 Å². The van der Waals surface area contributed by atoms with E-state index in [0.29, 0.717) is 4.88 Å². The number of hydrogen-bond acceptors (Lipinski definition) is 5. The Morgan fingerprint density at radius 3 is 2.46 bits per heavy atom. The van der Waals surface area contributed by atoms with Gasteiger partial charge < -0.3 is 5.32 Å². The van der Waals surface area contributed by atoms with E-state index in [9.17, 15) is 9.59 Å². The van der Waals surface area contributed by atoms with E-state index in [-0.39, 0.29) is 16.8 Å². The van der Waals surface area contributed by atoms with Gasteiger partial charge in [-0.25, -0.2) is 5.48 Å². The highest BCUT2D eigenvalue weighted by atomic mass is 32.1. The van der Waals surface area contributed by atoms with Crippen LogP contribution in [0.25, 0.3) is 11.1 Å². The van der Waals surface area contributed by atoms with Crippen LogP contribution in [-0.2, 0) is 0 Å². The molecule has 2 heterocycles. The van der Waals surface area contributed by atoms with E-state index in [1.54, 1.807) is 23.9 Å². The summed E-state index contributed by atoms with van der Waals surface area (Å²) in [6.45, 7) is 1.90. The third kappa shape index (κ3) is 3.96. The molecule has 2 amide bonds. The number of benzene rings is 1. The van der Waals surface area contributed by atoms with Gasteiger partial charge in [-0.05, 0) is 47.9 Å². The number of amides is 2. The van der Waals surface area contributed by atoms with Gasteiger partial charge in [0.05, 0.1) is 15.8 Å². The number of hydroxylamine groups is 1. The maximum Gasteiger partial charge on any atom is 0.284 e. The van der Waals surface area contributed by atoms with Crippen molar-refractivity contribution in [3.63, 3.8) is 0 Å². The van der Waals surface area contributed by atoms with Gasteiger partial charge in [-0.2, -0.15) is 0 Å². The third-order valence-electron chi connectivity index (χ3n) is 3.88. The van der Waals surface area contributed by atoms with E-state index in [2.05, 4.69) is 10.3 Å². The van der Waals surface area contributed by atoms with Gasteiger partial charge in [-0.1, -0.05) is 24.3 Å². The molecule has 6 nitrogen and oxygen atoms in total. The van der Waals surface area contributed by atoms with Crippen molar-refractivity contribution in [3.05, 3.63) is 76.2 Å². The average Bonchev–Trinajstić information content (AvgIpc) is 3.18. The summed E-state index contributed by atoms with van der Waals surface area (Å²) in [7, 11) is 0. The standard InChI is InChI=1S/C19H17N3O3S/c1-12(21-18(23)16-7-8-17(26-16)19(24)22-25)13-4-2-5-14(10-13)15-6-3-9-20-11-15/h2-12,25H,1H3,(H,21,23)(H,22,24). The van der Waals surface area contributed by atoms with E-state index in [1.165, 1.54) is 6.07 Å². The fraction of sp³-hybridized carbons (Fsp3) is 0.105. The zero-order valence-corrected chi connectivity index (χ0v) is 14.8. The molecule has 0 saturated carbocycles. The predicted molar refractivity (Wildman–Crippen MR) is 99.1 cm³/mol. The molecule has 3 N–H and O–H groups in total. The first kappa shape index (κ1) is 17.8. The smallest absolute Gasteiger partial charge is 0.284 e. The molecule has 0 aliphatic rings. The number of carbonyl (C=O) groups is 2. The molecule has 0 radical (unpaired) electrons. The first-order valence-electron chi connectivity index (χ1n) is 7.94. The maximum atomic E-state index is 12.4. The van der Waals surface area contributed by atoms with Gasteiger partial charge in [0.15, 0.2) is 0 Å². The summed E-state index contributed by atoms with van der Waals surface area (Å²) in [4.78, 5) is 28.6. The predicted octanol–water partition coefficient (Wildman–Crippen LogP) is 3.42. The van der Waals surface area contributed by atoms with Crippen molar-refractivity contribution in [1.29, 1.82) is 0 Å². The summed E-state index contributed by atoms with van der Waals surface area (Å²) in [6.07, 6.45) is 3.52. The van der Waals surface area contributed by atoms with Crippen LogP contribution >= 0.6 is 11.3 Å². The number of aromatic nitrogens is 1. The Balaban J connectivity index is 1.73. The normalized spacial score (nSPS) is 11.6. The van der Waals surface area contributed by atoms with Crippen LogP contribution in [0.5, 0.6) is 0 Å². The Hall–Kier alpha value is -3.03. The van der Waals surface area contributed by atoms with Crippen molar-refractivity contribution in [2.24, 2.45) is 0 Å². The van der Waals surface area contributed by atoms with Gasteiger partial charge in [-0.3, -0.25) is 19.8 Å². The van der Waals surface area contributed by atoms with Gasteiger partial charge in [0, 0.05) is 12.4 Å². The summed E-state index contributed by atoms with van der Waals surface area (Å²) in [5, 5.41) is 11.6. The van der Waals surface area contributed by atoms with Crippen molar-refractivity contribution in [2.75, 3.05) is 0 Å². The second kappa shape index (κ2) is 7.90. The van der Waals surface area contributed by atoms with Crippen LogP contribution in [0.3, 0.4) is 0 Å². The summed E-state index contributed by atoms with van der Waals surface area (Å²) < 4.78 is 0. The molecule has 1 atom stereocenters. The topological polar surface area (TPSA) is 91.3 Å². The Kier molecular flexibility index (Phi) is 5.40. The van der Waals surface area contributed by atoms with Crippen LogP contribution in [0.1, 0.15) is 37.9 Å². The highest BCUT2D eigenvalue weighted by molar-refractivity contribution is 7.15. The molecular weight excluding hydrogens is 350 g/mol. The van der Waals surface area contributed by atoms with Crippen molar-refractivity contribution in [2.45, 2.75) is 13.0 Å². The molecule has 0 aliphatic carbocycles. The number of thiophene rings is 1. The first-order chi connectivity index (χ1) is 12.6. The molecule has 3 rings (SSSR count). The number of rotatable bonds is 5. The van der Waals surface area contributed by atoms with Crippen molar-refractivity contribution in [3.8, 4) is 11.1 Å². The molecule has 3 aromatic rings. The highest BCUT2D eigenvalue weighted by Gasteiger charge is 2.16. The average molecular weight is 367 g/mol. The number of nitrogens with one attached hydrogen (secondary N) is 2. The largest absolute Gasteiger partial charge is 0.345 e. The van der Waals surface area contributed by atoms with Crippen molar-refractivity contribution >= 4 is 23.2 Å². The van der Waals surface area contributed by atoms with E-state index < -0.39 is 5.91 Å². The van der Waals surface area contributed by atoms with Gasteiger partial charge in [-0.15, -0.1) is 11.3 Å². The van der Waals surface area contributed by atoms with Crippen LogP contribution in [0.15, 0.2) is 60.9 Å². The lowest BCUT2D eigenvalue weighted by atomic mass is 10.0. The van der Waals surface area contributed by atoms with Gasteiger partial charge >= 0.3 is 0 Å². The molecule has 0 aliphatic heterocycles. The summed E-state index contributed by atoms with van der Waals surface area (Å²) in [5.41, 5.74) is 4.55. The number of carbonyl (C=O) groups excluding carboxylic acids is 2. The quantitative estimate of drug-likeness (QED) is 0.476. The van der Waals surface area contributed by atoms with E-state index in [0.717, 1.165) is 28.0 Å². The maximum absolute atomic E-state index is 12.4. The second-order valence-electron chi connectivity index (χ2n) is 5.67. The zero-order valence-electron chi connectivity index (χ0n) is 14.0. The monoisotopic (exact) mass is 367 g/mol. The van der Waals surface area contributed by atoms with Gasteiger partial charge in [0.2, 0.25) is 0 Å². The van der Waals surface area contributed by atoms with E-state index in [1.807, 2.05) is 43.3 Å². The first-order valence-corrected chi connectivity index (χ1v) is 8.75.